The van der Waals surface area contributed by atoms with Crippen molar-refractivity contribution in [2.75, 3.05) is 32.8 Å². The normalized spacial score (nSPS) is 20.7. The van der Waals surface area contributed by atoms with Crippen LogP contribution in [-0.2, 0) is 16.1 Å². The van der Waals surface area contributed by atoms with Crippen LogP contribution in [0.3, 0.4) is 0 Å². The van der Waals surface area contributed by atoms with Crippen molar-refractivity contribution in [3.8, 4) is 11.3 Å². The SMILES string of the molecule is CCC(=O)N(CC1CNCC1F)C(c1nc(-c2cc(F)ccc2F)cn1Cc1ccccc1)C1CCOCC1. The van der Waals surface area contributed by atoms with Gasteiger partial charge in [-0.15, -0.1) is 0 Å². The Kier molecular flexibility index (Phi) is 8.67. The van der Waals surface area contributed by atoms with Crippen molar-refractivity contribution < 1.29 is 22.7 Å². The van der Waals surface area contributed by atoms with E-state index < -0.39 is 23.8 Å². The monoisotopic (exact) mass is 540 g/mol. The number of hydrogen-bond acceptors (Lipinski definition) is 4. The third kappa shape index (κ3) is 6.20. The van der Waals surface area contributed by atoms with Crippen LogP contribution in [0.15, 0.2) is 54.7 Å². The number of nitrogens with one attached hydrogen (secondary N) is 1. The van der Waals surface area contributed by atoms with Gasteiger partial charge < -0.3 is 19.5 Å². The molecule has 3 unspecified atom stereocenters. The van der Waals surface area contributed by atoms with Gasteiger partial charge in [0.05, 0.1) is 11.7 Å². The van der Waals surface area contributed by atoms with E-state index in [2.05, 4.69) is 5.32 Å². The van der Waals surface area contributed by atoms with E-state index in [1.54, 1.807) is 18.0 Å². The Balaban J connectivity index is 1.64. The second kappa shape index (κ2) is 12.3. The van der Waals surface area contributed by atoms with E-state index in [1.807, 2.05) is 34.9 Å². The lowest BCUT2D eigenvalue weighted by molar-refractivity contribution is -0.137. The maximum absolute atomic E-state index is 14.9. The fourth-order valence-corrected chi connectivity index (χ4v) is 5.74. The number of imidazole rings is 1. The number of ether oxygens (including phenoxy) is 1. The van der Waals surface area contributed by atoms with Gasteiger partial charge in [0.15, 0.2) is 0 Å². The van der Waals surface area contributed by atoms with Crippen LogP contribution in [0.1, 0.15) is 43.6 Å². The molecule has 3 heterocycles. The average molecular weight is 541 g/mol. The van der Waals surface area contributed by atoms with Crippen molar-refractivity contribution in [1.82, 2.24) is 19.8 Å². The summed E-state index contributed by atoms with van der Waals surface area (Å²) in [5, 5.41) is 3.09. The lowest BCUT2D eigenvalue weighted by Gasteiger charge is -2.40. The lowest BCUT2D eigenvalue weighted by Crippen LogP contribution is -2.45. The van der Waals surface area contributed by atoms with Crippen molar-refractivity contribution in [1.29, 1.82) is 0 Å². The maximum Gasteiger partial charge on any atom is 0.222 e. The lowest BCUT2D eigenvalue weighted by atomic mass is 9.88. The van der Waals surface area contributed by atoms with Crippen LogP contribution in [0.4, 0.5) is 13.2 Å². The van der Waals surface area contributed by atoms with Gasteiger partial charge in [-0.2, -0.15) is 0 Å². The Morgan fingerprint density at radius 2 is 1.92 bits per heavy atom. The van der Waals surface area contributed by atoms with Crippen LogP contribution in [-0.4, -0.2) is 59.4 Å². The minimum atomic E-state index is -1.05. The van der Waals surface area contributed by atoms with Crippen molar-refractivity contribution in [2.24, 2.45) is 11.8 Å². The quantitative estimate of drug-likeness (QED) is 0.408. The smallest absolute Gasteiger partial charge is 0.222 e. The summed E-state index contributed by atoms with van der Waals surface area (Å²) in [7, 11) is 0. The fraction of sp³-hybridized carbons (Fsp3) is 0.467. The van der Waals surface area contributed by atoms with E-state index in [1.165, 1.54) is 0 Å². The number of carbonyl (C=O) groups excluding carboxylic acids is 1. The second-order valence-corrected chi connectivity index (χ2v) is 10.5. The summed E-state index contributed by atoms with van der Waals surface area (Å²) in [6.45, 7) is 4.36. The molecule has 2 aliphatic heterocycles. The van der Waals surface area contributed by atoms with Crippen molar-refractivity contribution in [3.05, 3.63) is 77.8 Å². The zero-order valence-electron chi connectivity index (χ0n) is 22.2. The molecule has 0 spiro atoms. The van der Waals surface area contributed by atoms with Crippen molar-refractivity contribution in [2.45, 2.75) is 44.9 Å². The molecule has 1 amide bonds. The molecule has 39 heavy (non-hydrogen) atoms. The molecule has 0 radical (unpaired) electrons. The Hall–Kier alpha value is -3.17. The number of benzene rings is 2. The second-order valence-electron chi connectivity index (χ2n) is 10.5. The minimum Gasteiger partial charge on any atom is -0.381 e. The predicted octanol–water partition coefficient (Wildman–Crippen LogP) is 5.14. The molecule has 3 aromatic rings. The molecule has 2 fully saturated rings. The van der Waals surface area contributed by atoms with Crippen LogP contribution in [0, 0.1) is 23.5 Å². The topological polar surface area (TPSA) is 59.4 Å². The molecule has 1 N–H and O–H groups in total. The molecule has 3 atom stereocenters. The van der Waals surface area contributed by atoms with Gasteiger partial charge in [-0.3, -0.25) is 4.79 Å². The molecule has 2 saturated heterocycles. The molecule has 0 bridgehead atoms. The number of amides is 1. The molecule has 2 aliphatic rings. The van der Waals surface area contributed by atoms with Gasteiger partial charge in [0, 0.05) is 63.5 Å². The zero-order valence-corrected chi connectivity index (χ0v) is 22.2. The summed E-state index contributed by atoms with van der Waals surface area (Å²) in [6.07, 6.45) is 2.37. The van der Waals surface area contributed by atoms with E-state index in [9.17, 15) is 18.0 Å². The Morgan fingerprint density at radius 1 is 1.15 bits per heavy atom. The molecule has 0 aliphatic carbocycles. The highest BCUT2D eigenvalue weighted by molar-refractivity contribution is 5.76. The highest BCUT2D eigenvalue weighted by Gasteiger charge is 2.39. The molecule has 0 saturated carbocycles. The van der Waals surface area contributed by atoms with Gasteiger partial charge in [0.2, 0.25) is 5.91 Å². The predicted molar refractivity (Wildman–Crippen MR) is 143 cm³/mol. The van der Waals surface area contributed by atoms with Crippen LogP contribution >= 0.6 is 0 Å². The third-order valence-corrected chi connectivity index (χ3v) is 7.83. The average Bonchev–Trinajstić information content (AvgIpc) is 3.56. The van der Waals surface area contributed by atoms with E-state index in [0.29, 0.717) is 50.7 Å². The first-order valence-corrected chi connectivity index (χ1v) is 13.7. The van der Waals surface area contributed by atoms with Gasteiger partial charge in [-0.05, 0) is 42.5 Å². The number of nitrogens with zero attached hydrogens (tertiary/aromatic N) is 3. The molecular weight excluding hydrogens is 505 g/mol. The summed E-state index contributed by atoms with van der Waals surface area (Å²) < 4.78 is 51.4. The van der Waals surface area contributed by atoms with Crippen LogP contribution < -0.4 is 5.32 Å². The Bertz CT molecular complexity index is 1260. The molecular formula is C30H35F3N4O2. The summed E-state index contributed by atoms with van der Waals surface area (Å²) in [5.74, 6) is -0.944. The van der Waals surface area contributed by atoms with E-state index in [-0.39, 0.29) is 42.8 Å². The Labute approximate surface area is 227 Å². The maximum atomic E-state index is 14.9. The summed E-state index contributed by atoms with van der Waals surface area (Å²) in [4.78, 5) is 20.2. The molecule has 2 aromatic carbocycles. The highest BCUT2D eigenvalue weighted by atomic mass is 19.1. The third-order valence-electron chi connectivity index (χ3n) is 7.83. The molecule has 6 nitrogen and oxygen atoms in total. The number of halogens is 3. The first-order valence-electron chi connectivity index (χ1n) is 13.7. The van der Waals surface area contributed by atoms with E-state index in [0.717, 1.165) is 23.8 Å². The van der Waals surface area contributed by atoms with Gasteiger partial charge in [0.1, 0.15) is 23.6 Å². The zero-order chi connectivity index (χ0) is 27.4. The number of aromatic nitrogens is 2. The van der Waals surface area contributed by atoms with Crippen molar-refractivity contribution >= 4 is 5.91 Å². The summed E-state index contributed by atoms with van der Waals surface area (Å²) >= 11 is 0. The first kappa shape index (κ1) is 27.4. The van der Waals surface area contributed by atoms with Crippen LogP contribution in [0.5, 0.6) is 0 Å². The molecule has 9 heteroatoms. The van der Waals surface area contributed by atoms with E-state index >= 15 is 0 Å². The van der Waals surface area contributed by atoms with Gasteiger partial charge in [0.25, 0.3) is 0 Å². The standard InChI is InChI=1S/C30H35F3N4O2/c1-2-28(38)37(18-22-15-34-16-26(22)33)29(21-10-12-39-13-11-21)30-35-27(24-14-23(31)8-9-25(24)32)19-36(30)17-20-6-4-3-5-7-20/h3-9,14,19,21-22,26,29,34H,2,10-13,15-18H2,1H3. The van der Waals surface area contributed by atoms with E-state index in [4.69, 9.17) is 9.72 Å². The van der Waals surface area contributed by atoms with Crippen molar-refractivity contribution in [3.63, 3.8) is 0 Å². The minimum absolute atomic E-state index is 0.0174. The molecule has 1 aromatic heterocycles. The van der Waals surface area contributed by atoms with Crippen LogP contribution in [0.25, 0.3) is 11.3 Å². The van der Waals surface area contributed by atoms with Gasteiger partial charge >= 0.3 is 0 Å². The number of alkyl halides is 1. The molecule has 208 valence electrons. The summed E-state index contributed by atoms with van der Waals surface area (Å²) in [6, 6.07) is 12.6. The Morgan fingerprint density at radius 3 is 2.62 bits per heavy atom. The number of rotatable bonds is 9. The van der Waals surface area contributed by atoms with Gasteiger partial charge in [-0.25, -0.2) is 18.2 Å². The number of carbonyl (C=O) groups is 1. The first-order chi connectivity index (χ1) is 18.9. The number of hydrogen-bond donors (Lipinski definition) is 1. The highest BCUT2D eigenvalue weighted by Crippen LogP contribution is 2.38. The molecule has 5 rings (SSSR count). The fourth-order valence-electron chi connectivity index (χ4n) is 5.74. The largest absolute Gasteiger partial charge is 0.381 e. The van der Waals surface area contributed by atoms with Gasteiger partial charge in [-0.1, -0.05) is 37.3 Å². The summed E-state index contributed by atoms with van der Waals surface area (Å²) in [5.41, 5.74) is 1.36. The van der Waals surface area contributed by atoms with Crippen LogP contribution in [0.2, 0.25) is 0 Å².